The molecule has 2 rings (SSSR count). The summed E-state index contributed by atoms with van der Waals surface area (Å²) >= 11 is 1.39. The lowest BCUT2D eigenvalue weighted by atomic mass is 10.1. The van der Waals surface area contributed by atoms with Crippen molar-refractivity contribution in [2.75, 3.05) is 19.8 Å². The van der Waals surface area contributed by atoms with E-state index in [-0.39, 0.29) is 18.5 Å². The van der Waals surface area contributed by atoms with Crippen LogP contribution in [0.5, 0.6) is 0 Å². The van der Waals surface area contributed by atoms with Gasteiger partial charge in [0, 0.05) is 19.3 Å². The average molecular weight is 326 g/mol. The lowest BCUT2D eigenvalue weighted by Crippen LogP contribution is -2.46. The Morgan fingerprint density at radius 2 is 2.09 bits per heavy atom. The molecule has 0 aromatic carbocycles. The summed E-state index contributed by atoms with van der Waals surface area (Å²) in [5, 5.41) is 10.1. The van der Waals surface area contributed by atoms with Crippen LogP contribution in [0, 0.1) is 6.92 Å². The number of nitrogens with zero attached hydrogens (tertiary/aromatic N) is 2. The molecule has 1 aliphatic heterocycles. The number of aryl methyl sites for hydroxylation is 2. The molecule has 6 nitrogen and oxygen atoms in total. The minimum Gasteiger partial charge on any atom is -0.480 e. The summed E-state index contributed by atoms with van der Waals surface area (Å²) < 4.78 is 5.30. The van der Waals surface area contributed by atoms with Gasteiger partial charge in [-0.15, -0.1) is 11.3 Å². The fourth-order valence-corrected chi connectivity index (χ4v) is 3.73. The van der Waals surface area contributed by atoms with Crippen LogP contribution >= 0.6 is 11.3 Å². The van der Waals surface area contributed by atoms with E-state index in [0.29, 0.717) is 36.6 Å². The summed E-state index contributed by atoms with van der Waals surface area (Å²) in [4.78, 5) is 30.4. The normalized spacial score (nSPS) is 15.7. The molecular formula is C15H22N2O4S. The second-order valence-electron chi connectivity index (χ2n) is 5.44. The second-order valence-corrected chi connectivity index (χ2v) is 6.53. The van der Waals surface area contributed by atoms with Crippen LogP contribution in [-0.4, -0.2) is 52.7 Å². The molecule has 122 valence electrons. The first kappa shape index (κ1) is 16.9. The summed E-state index contributed by atoms with van der Waals surface area (Å²) in [7, 11) is 0. The number of ether oxygens (including phenoxy) is 1. The highest BCUT2D eigenvalue weighted by Crippen LogP contribution is 2.24. The van der Waals surface area contributed by atoms with E-state index in [1.165, 1.54) is 16.2 Å². The van der Waals surface area contributed by atoms with Crippen molar-refractivity contribution in [1.29, 1.82) is 0 Å². The van der Waals surface area contributed by atoms with Crippen molar-refractivity contribution in [3.05, 3.63) is 15.6 Å². The Kier molecular flexibility index (Phi) is 5.90. The fraction of sp³-hybridized carbons (Fsp3) is 0.667. The van der Waals surface area contributed by atoms with Crippen LogP contribution < -0.4 is 0 Å². The molecule has 0 saturated carbocycles. The predicted octanol–water partition coefficient (Wildman–Crippen LogP) is 2.11. The summed E-state index contributed by atoms with van der Waals surface area (Å²) in [6, 6.07) is -0.0755. The molecule has 0 radical (unpaired) electrons. The first-order valence-corrected chi connectivity index (χ1v) is 8.41. The number of carboxylic acids is 1. The Hall–Kier alpha value is -1.47. The largest absolute Gasteiger partial charge is 0.480 e. The molecule has 0 aliphatic carbocycles. The third-order valence-corrected chi connectivity index (χ3v) is 4.90. The number of carbonyl (C=O) groups is 2. The first-order chi connectivity index (χ1) is 10.5. The van der Waals surface area contributed by atoms with Gasteiger partial charge in [0.05, 0.1) is 10.7 Å². The van der Waals surface area contributed by atoms with Gasteiger partial charge in [0.2, 0.25) is 0 Å². The molecule has 2 heterocycles. The van der Waals surface area contributed by atoms with Gasteiger partial charge in [-0.1, -0.05) is 6.92 Å². The predicted molar refractivity (Wildman–Crippen MR) is 83.4 cm³/mol. The van der Waals surface area contributed by atoms with Crippen LogP contribution in [0.4, 0.5) is 0 Å². The van der Waals surface area contributed by atoms with Crippen LogP contribution in [0.25, 0.3) is 0 Å². The minimum atomic E-state index is -0.990. The Morgan fingerprint density at radius 1 is 1.41 bits per heavy atom. The average Bonchev–Trinajstić information content (AvgIpc) is 2.86. The van der Waals surface area contributed by atoms with Crippen molar-refractivity contribution in [1.82, 2.24) is 9.88 Å². The number of hydrogen-bond acceptors (Lipinski definition) is 5. The van der Waals surface area contributed by atoms with Gasteiger partial charge in [0.25, 0.3) is 5.91 Å². The Labute approximate surface area is 134 Å². The minimum absolute atomic E-state index is 0.0755. The maximum absolute atomic E-state index is 12.8. The molecule has 0 atom stereocenters. The number of aromatic nitrogens is 1. The number of carboxylic acid groups (broad SMARTS) is 1. The van der Waals surface area contributed by atoms with Gasteiger partial charge in [0.1, 0.15) is 11.4 Å². The van der Waals surface area contributed by atoms with Crippen LogP contribution in [0.2, 0.25) is 0 Å². The van der Waals surface area contributed by atoms with Crippen molar-refractivity contribution < 1.29 is 19.4 Å². The molecule has 1 N–H and O–H groups in total. The summed E-state index contributed by atoms with van der Waals surface area (Å²) in [5.41, 5.74) is 0.695. The lowest BCUT2D eigenvalue weighted by Gasteiger charge is -2.33. The highest BCUT2D eigenvalue weighted by molar-refractivity contribution is 7.13. The van der Waals surface area contributed by atoms with E-state index in [4.69, 9.17) is 9.84 Å². The van der Waals surface area contributed by atoms with Crippen molar-refractivity contribution >= 4 is 23.2 Å². The van der Waals surface area contributed by atoms with Crippen LogP contribution in [0.3, 0.4) is 0 Å². The van der Waals surface area contributed by atoms with Crippen molar-refractivity contribution in [3.63, 3.8) is 0 Å². The molecule has 1 aromatic heterocycles. The Bertz CT molecular complexity index is 538. The van der Waals surface area contributed by atoms with E-state index in [2.05, 4.69) is 11.9 Å². The second kappa shape index (κ2) is 7.69. The zero-order chi connectivity index (χ0) is 16.1. The highest BCUT2D eigenvalue weighted by atomic mass is 32.1. The molecule has 1 saturated heterocycles. The molecule has 1 aliphatic rings. The number of thiazole rings is 1. The number of carbonyl (C=O) groups excluding carboxylic acids is 1. The van der Waals surface area contributed by atoms with E-state index in [1.807, 2.05) is 6.92 Å². The molecule has 1 aromatic rings. The van der Waals surface area contributed by atoms with Crippen molar-refractivity contribution in [2.24, 2.45) is 0 Å². The number of aliphatic carboxylic acids is 1. The third-order valence-electron chi connectivity index (χ3n) is 3.70. The maximum Gasteiger partial charge on any atom is 0.323 e. The van der Waals surface area contributed by atoms with Gasteiger partial charge in [0.15, 0.2) is 0 Å². The van der Waals surface area contributed by atoms with Gasteiger partial charge in [-0.2, -0.15) is 0 Å². The number of hydrogen-bond donors (Lipinski definition) is 1. The first-order valence-electron chi connectivity index (χ1n) is 7.59. The van der Waals surface area contributed by atoms with E-state index >= 15 is 0 Å². The topological polar surface area (TPSA) is 79.7 Å². The molecule has 0 unspecified atom stereocenters. The molecule has 22 heavy (non-hydrogen) atoms. The van der Waals surface area contributed by atoms with Crippen LogP contribution in [-0.2, 0) is 16.0 Å². The van der Waals surface area contributed by atoms with E-state index < -0.39 is 5.97 Å². The highest BCUT2D eigenvalue weighted by Gasteiger charge is 2.30. The number of amides is 1. The Morgan fingerprint density at radius 3 is 2.68 bits per heavy atom. The summed E-state index contributed by atoms with van der Waals surface area (Å²) in [6.45, 7) is 4.74. The molecule has 1 fully saturated rings. The summed E-state index contributed by atoms with van der Waals surface area (Å²) in [5.74, 6) is -1.21. The maximum atomic E-state index is 12.8. The van der Waals surface area contributed by atoms with Crippen molar-refractivity contribution in [2.45, 2.75) is 45.6 Å². The van der Waals surface area contributed by atoms with E-state index in [0.717, 1.165) is 17.8 Å². The molecule has 1 amide bonds. The van der Waals surface area contributed by atoms with Crippen LogP contribution in [0.15, 0.2) is 0 Å². The quantitative estimate of drug-likeness (QED) is 0.866. The molecule has 0 spiro atoms. The van der Waals surface area contributed by atoms with Gasteiger partial charge in [-0.3, -0.25) is 9.59 Å². The smallest absolute Gasteiger partial charge is 0.323 e. The van der Waals surface area contributed by atoms with Crippen molar-refractivity contribution in [3.8, 4) is 0 Å². The van der Waals surface area contributed by atoms with Gasteiger partial charge < -0.3 is 14.7 Å². The SMILES string of the molecule is CCCc1nc(C)c(C(=O)N(CC(=O)O)C2CCOCC2)s1. The summed E-state index contributed by atoms with van der Waals surface area (Å²) in [6.07, 6.45) is 3.17. The zero-order valence-electron chi connectivity index (χ0n) is 13.0. The van der Waals surface area contributed by atoms with E-state index in [1.54, 1.807) is 0 Å². The fourth-order valence-electron chi connectivity index (χ4n) is 2.61. The third kappa shape index (κ3) is 4.04. The van der Waals surface area contributed by atoms with Gasteiger partial charge >= 0.3 is 5.97 Å². The number of rotatable bonds is 6. The van der Waals surface area contributed by atoms with Gasteiger partial charge in [-0.25, -0.2) is 4.98 Å². The van der Waals surface area contributed by atoms with Crippen LogP contribution in [0.1, 0.15) is 46.6 Å². The monoisotopic (exact) mass is 326 g/mol. The molecule has 0 bridgehead atoms. The van der Waals surface area contributed by atoms with Gasteiger partial charge in [-0.05, 0) is 32.6 Å². The standard InChI is InChI=1S/C15H22N2O4S/c1-3-4-12-16-10(2)14(22-12)15(20)17(9-13(18)19)11-5-7-21-8-6-11/h11H,3-9H2,1-2H3,(H,18,19). The molecular weight excluding hydrogens is 304 g/mol. The van der Waals surface area contributed by atoms with E-state index in [9.17, 15) is 9.59 Å². The molecule has 7 heteroatoms. The lowest BCUT2D eigenvalue weighted by molar-refractivity contribution is -0.138. The Balaban J connectivity index is 2.22. The zero-order valence-corrected chi connectivity index (χ0v) is 13.8.